The van der Waals surface area contributed by atoms with Crippen LogP contribution in [0.15, 0.2) is 41.0 Å². The van der Waals surface area contributed by atoms with Gasteiger partial charge in [0.15, 0.2) is 0 Å². The zero-order valence-corrected chi connectivity index (χ0v) is 9.99. The third-order valence-corrected chi connectivity index (χ3v) is 2.99. The second-order valence-electron chi connectivity index (χ2n) is 3.60. The van der Waals surface area contributed by atoms with Crippen LogP contribution in [0, 0.1) is 6.92 Å². The van der Waals surface area contributed by atoms with Gasteiger partial charge in [0.05, 0.1) is 13.4 Å². The fraction of sp³-hybridized carbons (Fsp3) is 0.231. The number of methoxy groups -OCH3 is 1. The van der Waals surface area contributed by atoms with Gasteiger partial charge in [0, 0.05) is 0 Å². The van der Waals surface area contributed by atoms with Crippen LogP contribution in [0.1, 0.15) is 22.3 Å². The summed E-state index contributed by atoms with van der Waals surface area (Å²) >= 11 is 6.34. The van der Waals surface area contributed by atoms with Crippen molar-refractivity contribution in [1.29, 1.82) is 0 Å². The van der Waals surface area contributed by atoms with E-state index in [0.29, 0.717) is 0 Å². The van der Waals surface area contributed by atoms with E-state index >= 15 is 0 Å². The summed E-state index contributed by atoms with van der Waals surface area (Å²) in [6.45, 7) is 1.98. The lowest BCUT2D eigenvalue weighted by Crippen LogP contribution is -1.93. The molecule has 1 unspecified atom stereocenters. The van der Waals surface area contributed by atoms with Crippen molar-refractivity contribution in [3.8, 4) is 5.75 Å². The highest BCUT2D eigenvalue weighted by Crippen LogP contribution is 2.32. The topological polar surface area (TPSA) is 22.4 Å². The SMILES string of the molecule is COc1ccc(C(Cl)c2occc2C)cc1. The molecule has 1 aromatic heterocycles. The average molecular weight is 237 g/mol. The number of benzene rings is 1. The lowest BCUT2D eigenvalue weighted by Gasteiger charge is -2.09. The Labute approximate surface area is 99.8 Å². The molecule has 0 aliphatic rings. The van der Waals surface area contributed by atoms with Gasteiger partial charge in [0.1, 0.15) is 16.9 Å². The van der Waals surface area contributed by atoms with E-state index < -0.39 is 0 Å². The van der Waals surface area contributed by atoms with E-state index in [1.807, 2.05) is 37.3 Å². The van der Waals surface area contributed by atoms with Crippen molar-refractivity contribution in [1.82, 2.24) is 0 Å². The molecule has 1 aromatic carbocycles. The number of hydrogen-bond donors (Lipinski definition) is 0. The van der Waals surface area contributed by atoms with Gasteiger partial charge in [-0.2, -0.15) is 0 Å². The quantitative estimate of drug-likeness (QED) is 0.754. The first-order valence-electron chi connectivity index (χ1n) is 5.04. The van der Waals surface area contributed by atoms with Crippen LogP contribution in [0.4, 0.5) is 0 Å². The fourth-order valence-electron chi connectivity index (χ4n) is 1.57. The van der Waals surface area contributed by atoms with Gasteiger partial charge in [-0.1, -0.05) is 12.1 Å². The van der Waals surface area contributed by atoms with E-state index in [0.717, 1.165) is 22.6 Å². The summed E-state index contributed by atoms with van der Waals surface area (Å²) in [6, 6.07) is 9.58. The normalized spacial score (nSPS) is 12.4. The Kier molecular flexibility index (Phi) is 3.20. The first-order chi connectivity index (χ1) is 7.72. The summed E-state index contributed by atoms with van der Waals surface area (Å²) in [4.78, 5) is 0. The van der Waals surface area contributed by atoms with E-state index in [9.17, 15) is 0 Å². The molecule has 0 spiro atoms. The second-order valence-corrected chi connectivity index (χ2v) is 4.04. The largest absolute Gasteiger partial charge is 0.497 e. The second kappa shape index (κ2) is 4.62. The summed E-state index contributed by atoms with van der Waals surface area (Å²) in [5.41, 5.74) is 2.07. The molecule has 0 aliphatic heterocycles. The Hall–Kier alpha value is -1.41. The van der Waals surface area contributed by atoms with Gasteiger partial charge in [0.2, 0.25) is 0 Å². The Morgan fingerprint density at radius 2 is 1.88 bits per heavy atom. The molecule has 84 valence electrons. The molecule has 0 amide bonds. The predicted molar refractivity (Wildman–Crippen MR) is 64.1 cm³/mol. The average Bonchev–Trinajstić information content (AvgIpc) is 2.75. The molecule has 2 nitrogen and oxygen atoms in total. The van der Waals surface area contributed by atoms with Crippen LogP contribution in [-0.4, -0.2) is 7.11 Å². The highest BCUT2D eigenvalue weighted by molar-refractivity contribution is 6.22. The number of hydrogen-bond acceptors (Lipinski definition) is 2. The maximum absolute atomic E-state index is 6.34. The molecular weight excluding hydrogens is 224 g/mol. The smallest absolute Gasteiger partial charge is 0.128 e. The molecule has 16 heavy (non-hydrogen) atoms. The summed E-state index contributed by atoms with van der Waals surface area (Å²) in [5, 5.41) is -0.249. The number of halogens is 1. The number of alkyl halides is 1. The van der Waals surface area contributed by atoms with E-state index in [4.69, 9.17) is 20.8 Å². The van der Waals surface area contributed by atoms with Crippen molar-refractivity contribution in [3.05, 3.63) is 53.5 Å². The minimum absolute atomic E-state index is 0.249. The van der Waals surface area contributed by atoms with Crippen LogP contribution >= 0.6 is 11.6 Å². The van der Waals surface area contributed by atoms with Crippen molar-refractivity contribution >= 4 is 11.6 Å². The summed E-state index contributed by atoms with van der Waals surface area (Å²) in [6.07, 6.45) is 1.66. The lowest BCUT2D eigenvalue weighted by atomic mass is 10.1. The maximum Gasteiger partial charge on any atom is 0.128 e. The molecule has 0 saturated carbocycles. The highest BCUT2D eigenvalue weighted by Gasteiger charge is 2.16. The number of rotatable bonds is 3. The van der Waals surface area contributed by atoms with Crippen molar-refractivity contribution in [2.24, 2.45) is 0 Å². The standard InChI is InChI=1S/C13H13ClO2/c1-9-7-8-16-13(9)12(14)10-3-5-11(15-2)6-4-10/h3-8,12H,1-2H3. The maximum atomic E-state index is 6.34. The first kappa shape index (κ1) is 11.1. The van der Waals surface area contributed by atoms with Crippen LogP contribution in [0.25, 0.3) is 0 Å². The van der Waals surface area contributed by atoms with Gasteiger partial charge in [0.25, 0.3) is 0 Å². The predicted octanol–water partition coefficient (Wildman–Crippen LogP) is 3.92. The molecule has 0 saturated heterocycles. The Morgan fingerprint density at radius 3 is 2.38 bits per heavy atom. The number of furan rings is 1. The molecule has 1 atom stereocenters. The molecule has 0 radical (unpaired) electrons. The van der Waals surface area contributed by atoms with Gasteiger partial charge in [-0.15, -0.1) is 11.6 Å². The molecule has 3 heteroatoms. The van der Waals surface area contributed by atoms with E-state index in [1.54, 1.807) is 13.4 Å². The van der Waals surface area contributed by atoms with Crippen LogP contribution in [0.5, 0.6) is 5.75 Å². The highest BCUT2D eigenvalue weighted by atomic mass is 35.5. The molecule has 1 heterocycles. The van der Waals surface area contributed by atoms with Gasteiger partial charge in [-0.05, 0) is 36.2 Å². The van der Waals surface area contributed by atoms with E-state index in [1.165, 1.54) is 0 Å². The molecule has 0 N–H and O–H groups in total. The fourth-order valence-corrected chi connectivity index (χ4v) is 1.94. The third kappa shape index (κ3) is 2.07. The molecule has 0 fully saturated rings. The zero-order chi connectivity index (χ0) is 11.5. The summed E-state index contributed by atoms with van der Waals surface area (Å²) in [5.74, 6) is 1.62. The minimum atomic E-state index is -0.249. The monoisotopic (exact) mass is 236 g/mol. The number of aryl methyl sites for hydroxylation is 1. The van der Waals surface area contributed by atoms with Gasteiger partial charge >= 0.3 is 0 Å². The van der Waals surface area contributed by atoms with E-state index in [2.05, 4.69) is 0 Å². The minimum Gasteiger partial charge on any atom is -0.497 e. The van der Waals surface area contributed by atoms with Crippen LogP contribution < -0.4 is 4.74 Å². The molecule has 2 aromatic rings. The zero-order valence-electron chi connectivity index (χ0n) is 9.24. The van der Waals surface area contributed by atoms with Crippen LogP contribution in [-0.2, 0) is 0 Å². The molecular formula is C13H13ClO2. The summed E-state index contributed by atoms with van der Waals surface area (Å²) in [7, 11) is 1.64. The Balaban J connectivity index is 2.27. The van der Waals surface area contributed by atoms with E-state index in [-0.39, 0.29) is 5.38 Å². The lowest BCUT2D eigenvalue weighted by molar-refractivity contribution is 0.414. The molecule has 0 aliphatic carbocycles. The summed E-state index contributed by atoms with van der Waals surface area (Å²) < 4.78 is 10.5. The van der Waals surface area contributed by atoms with Gasteiger partial charge < -0.3 is 9.15 Å². The van der Waals surface area contributed by atoms with Gasteiger partial charge in [-0.25, -0.2) is 0 Å². The first-order valence-corrected chi connectivity index (χ1v) is 5.48. The van der Waals surface area contributed by atoms with Gasteiger partial charge in [-0.3, -0.25) is 0 Å². The molecule has 0 bridgehead atoms. The van der Waals surface area contributed by atoms with Crippen molar-refractivity contribution in [2.45, 2.75) is 12.3 Å². The van der Waals surface area contributed by atoms with Crippen molar-refractivity contribution in [3.63, 3.8) is 0 Å². The van der Waals surface area contributed by atoms with Crippen LogP contribution in [0.3, 0.4) is 0 Å². The molecule has 2 rings (SSSR count). The van der Waals surface area contributed by atoms with Crippen molar-refractivity contribution in [2.75, 3.05) is 7.11 Å². The third-order valence-electron chi connectivity index (χ3n) is 2.54. The number of ether oxygens (including phenoxy) is 1. The Bertz CT molecular complexity index is 459. The van der Waals surface area contributed by atoms with Crippen molar-refractivity contribution < 1.29 is 9.15 Å². The van der Waals surface area contributed by atoms with Crippen LogP contribution in [0.2, 0.25) is 0 Å². The Morgan fingerprint density at radius 1 is 1.19 bits per heavy atom.